The van der Waals surface area contributed by atoms with Crippen molar-refractivity contribution in [2.24, 2.45) is 7.05 Å². The Morgan fingerprint density at radius 3 is 2.65 bits per heavy atom. The fourth-order valence-corrected chi connectivity index (χ4v) is 1.76. The summed E-state index contributed by atoms with van der Waals surface area (Å²) < 4.78 is 37.5. The summed E-state index contributed by atoms with van der Waals surface area (Å²) in [5, 5.41) is 4.07. The van der Waals surface area contributed by atoms with Gasteiger partial charge < -0.3 is 15.2 Å². The lowest BCUT2D eigenvalue weighted by atomic mass is 10.3. The summed E-state index contributed by atoms with van der Waals surface area (Å²) in [6, 6.07) is 6.51. The van der Waals surface area contributed by atoms with Crippen LogP contribution in [0.2, 0.25) is 0 Å². The van der Waals surface area contributed by atoms with Gasteiger partial charge in [-0.25, -0.2) is 9.78 Å². The van der Waals surface area contributed by atoms with E-state index in [1.165, 1.54) is 0 Å². The van der Waals surface area contributed by atoms with Gasteiger partial charge in [-0.1, -0.05) is 12.1 Å². The highest BCUT2D eigenvalue weighted by molar-refractivity contribution is 5.76. The highest BCUT2D eigenvalue weighted by atomic mass is 19.4. The van der Waals surface area contributed by atoms with Crippen molar-refractivity contribution < 1.29 is 18.0 Å². The van der Waals surface area contributed by atoms with Crippen LogP contribution < -0.4 is 10.6 Å². The van der Waals surface area contributed by atoms with Crippen LogP contribution in [0.4, 0.5) is 18.0 Å². The van der Waals surface area contributed by atoms with E-state index in [-0.39, 0.29) is 6.54 Å². The minimum absolute atomic E-state index is 0.0505. The number of urea groups is 1. The third-order valence-electron chi connectivity index (χ3n) is 2.74. The van der Waals surface area contributed by atoms with Crippen LogP contribution in [-0.4, -0.2) is 28.3 Å². The molecule has 1 heterocycles. The van der Waals surface area contributed by atoms with E-state index < -0.39 is 18.8 Å². The number of nitrogens with zero attached hydrogens (tertiary/aromatic N) is 2. The van der Waals surface area contributed by atoms with Crippen LogP contribution in [0.15, 0.2) is 24.3 Å². The first kappa shape index (κ1) is 14.2. The van der Waals surface area contributed by atoms with Crippen molar-refractivity contribution in [3.63, 3.8) is 0 Å². The smallest absolute Gasteiger partial charge is 0.331 e. The molecule has 0 aliphatic carbocycles. The third kappa shape index (κ3) is 3.40. The summed E-state index contributed by atoms with van der Waals surface area (Å²) in [5.74, 6) is 0.563. The number of rotatable bonds is 3. The SMILES string of the molecule is Cn1c(CNC(=O)NCC(F)(F)F)nc2ccccc21. The van der Waals surface area contributed by atoms with Gasteiger partial charge in [-0.2, -0.15) is 13.2 Å². The maximum atomic E-state index is 11.9. The van der Waals surface area contributed by atoms with Crippen molar-refractivity contribution in [3.8, 4) is 0 Å². The normalized spacial score (nSPS) is 11.6. The number of hydrogen-bond donors (Lipinski definition) is 2. The molecule has 2 aromatic rings. The minimum Gasteiger partial charge on any atom is -0.331 e. The predicted octanol–water partition coefficient (Wildman–Crippen LogP) is 1.93. The number of hydrogen-bond acceptors (Lipinski definition) is 2. The predicted molar refractivity (Wildman–Crippen MR) is 67.0 cm³/mol. The fourth-order valence-electron chi connectivity index (χ4n) is 1.76. The van der Waals surface area contributed by atoms with E-state index in [0.717, 1.165) is 11.0 Å². The van der Waals surface area contributed by atoms with E-state index in [9.17, 15) is 18.0 Å². The molecule has 2 amide bonds. The Morgan fingerprint density at radius 1 is 1.30 bits per heavy atom. The number of aryl methyl sites for hydroxylation is 1. The first-order valence-electron chi connectivity index (χ1n) is 5.85. The Balaban J connectivity index is 1.96. The van der Waals surface area contributed by atoms with Crippen LogP contribution in [0, 0.1) is 0 Å². The molecule has 0 spiro atoms. The van der Waals surface area contributed by atoms with Gasteiger partial charge in [0.2, 0.25) is 0 Å². The molecule has 8 heteroatoms. The van der Waals surface area contributed by atoms with Crippen molar-refractivity contribution in [1.29, 1.82) is 0 Å². The van der Waals surface area contributed by atoms with Crippen molar-refractivity contribution in [2.45, 2.75) is 12.7 Å². The number of para-hydroxylation sites is 2. The second-order valence-corrected chi connectivity index (χ2v) is 4.23. The monoisotopic (exact) mass is 286 g/mol. The van der Waals surface area contributed by atoms with Crippen molar-refractivity contribution in [1.82, 2.24) is 20.2 Å². The Labute approximate surface area is 112 Å². The zero-order valence-electron chi connectivity index (χ0n) is 10.7. The maximum Gasteiger partial charge on any atom is 0.405 e. The lowest BCUT2D eigenvalue weighted by Crippen LogP contribution is -2.40. The molecule has 2 N–H and O–H groups in total. The molecular weight excluding hydrogens is 273 g/mol. The van der Waals surface area contributed by atoms with Crippen LogP contribution in [0.1, 0.15) is 5.82 Å². The highest BCUT2D eigenvalue weighted by Gasteiger charge is 2.27. The number of halogens is 3. The number of carbonyl (C=O) groups excluding carboxylic acids is 1. The second kappa shape index (κ2) is 5.40. The fraction of sp³-hybridized carbons (Fsp3) is 0.333. The molecule has 0 aliphatic rings. The Morgan fingerprint density at radius 2 is 2.00 bits per heavy atom. The van der Waals surface area contributed by atoms with Gasteiger partial charge in [-0.05, 0) is 12.1 Å². The average Bonchev–Trinajstić information content (AvgIpc) is 2.71. The molecule has 20 heavy (non-hydrogen) atoms. The molecule has 2 rings (SSSR count). The zero-order chi connectivity index (χ0) is 14.8. The summed E-state index contributed by atoms with van der Waals surface area (Å²) in [5.41, 5.74) is 1.66. The summed E-state index contributed by atoms with van der Waals surface area (Å²) in [6.07, 6.45) is -4.42. The summed E-state index contributed by atoms with van der Waals surface area (Å²) in [7, 11) is 1.78. The number of nitrogens with one attached hydrogen (secondary N) is 2. The number of aromatic nitrogens is 2. The molecular formula is C12H13F3N4O. The molecule has 0 radical (unpaired) electrons. The number of imidazole rings is 1. The second-order valence-electron chi connectivity index (χ2n) is 4.23. The van der Waals surface area contributed by atoms with Crippen molar-refractivity contribution in [3.05, 3.63) is 30.1 Å². The van der Waals surface area contributed by atoms with Gasteiger partial charge in [0.05, 0.1) is 17.6 Å². The number of carbonyl (C=O) groups is 1. The van der Waals surface area contributed by atoms with E-state index in [2.05, 4.69) is 10.3 Å². The Hall–Kier alpha value is -2.25. The first-order chi connectivity index (χ1) is 9.37. The van der Waals surface area contributed by atoms with Gasteiger partial charge in [0.25, 0.3) is 0 Å². The van der Waals surface area contributed by atoms with Gasteiger partial charge in [-0.15, -0.1) is 0 Å². The first-order valence-corrected chi connectivity index (χ1v) is 5.85. The molecule has 0 fully saturated rings. The molecule has 5 nitrogen and oxygen atoms in total. The average molecular weight is 286 g/mol. The van der Waals surface area contributed by atoms with Crippen LogP contribution in [-0.2, 0) is 13.6 Å². The summed E-state index contributed by atoms with van der Waals surface area (Å²) >= 11 is 0. The Bertz CT molecular complexity index is 621. The number of fused-ring (bicyclic) bond motifs is 1. The summed E-state index contributed by atoms with van der Waals surface area (Å²) in [4.78, 5) is 15.5. The lowest BCUT2D eigenvalue weighted by molar-refractivity contribution is -0.122. The van der Waals surface area contributed by atoms with Crippen LogP contribution in [0.5, 0.6) is 0 Å². The summed E-state index contributed by atoms with van der Waals surface area (Å²) in [6.45, 7) is -1.31. The molecule has 1 aromatic heterocycles. The molecule has 0 bridgehead atoms. The molecule has 0 unspecified atom stereocenters. The number of benzene rings is 1. The third-order valence-corrected chi connectivity index (χ3v) is 2.74. The van der Waals surface area contributed by atoms with E-state index in [1.807, 2.05) is 24.3 Å². The number of amides is 2. The standard InChI is InChI=1S/C12H13F3N4O/c1-19-9-5-3-2-4-8(9)18-10(19)6-16-11(20)17-7-12(13,14)15/h2-5H,6-7H2,1H3,(H2,16,17,20). The van der Waals surface area contributed by atoms with E-state index >= 15 is 0 Å². The molecule has 108 valence electrons. The maximum absolute atomic E-state index is 11.9. The largest absolute Gasteiger partial charge is 0.405 e. The quantitative estimate of drug-likeness (QED) is 0.906. The van der Waals surface area contributed by atoms with Crippen LogP contribution in [0.25, 0.3) is 11.0 Å². The Kier molecular flexibility index (Phi) is 3.82. The van der Waals surface area contributed by atoms with Gasteiger partial charge in [-0.3, -0.25) is 0 Å². The molecule has 0 saturated heterocycles. The van der Waals surface area contributed by atoms with Gasteiger partial charge in [0, 0.05) is 7.05 Å². The highest BCUT2D eigenvalue weighted by Crippen LogP contribution is 2.14. The number of alkyl halides is 3. The van der Waals surface area contributed by atoms with Gasteiger partial charge in [0.1, 0.15) is 12.4 Å². The molecule has 0 aliphatic heterocycles. The van der Waals surface area contributed by atoms with E-state index in [4.69, 9.17) is 0 Å². The lowest BCUT2D eigenvalue weighted by Gasteiger charge is -2.09. The van der Waals surface area contributed by atoms with Crippen LogP contribution in [0.3, 0.4) is 0 Å². The molecule has 0 atom stereocenters. The van der Waals surface area contributed by atoms with Crippen molar-refractivity contribution in [2.75, 3.05) is 6.54 Å². The molecule has 0 saturated carbocycles. The zero-order valence-corrected chi connectivity index (χ0v) is 10.7. The van der Waals surface area contributed by atoms with Crippen molar-refractivity contribution >= 4 is 17.1 Å². The van der Waals surface area contributed by atoms with Crippen LogP contribution >= 0.6 is 0 Å². The van der Waals surface area contributed by atoms with E-state index in [0.29, 0.717) is 5.82 Å². The van der Waals surface area contributed by atoms with E-state index in [1.54, 1.807) is 16.9 Å². The topological polar surface area (TPSA) is 59.0 Å². The van der Waals surface area contributed by atoms with Gasteiger partial charge >= 0.3 is 12.2 Å². The minimum atomic E-state index is -4.42. The molecule has 1 aromatic carbocycles. The van der Waals surface area contributed by atoms with Gasteiger partial charge in [0.15, 0.2) is 0 Å².